The summed E-state index contributed by atoms with van der Waals surface area (Å²) in [7, 11) is 0. The van der Waals surface area contributed by atoms with Crippen LogP contribution in [0.4, 0.5) is 0 Å². The molecule has 0 spiro atoms. The van der Waals surface area contributed by atoms with Crippen molar-refractivity contribution in [3.05, 3.63) is 88.0 Å². The lowest BCUT2D eigenvalue weighted by atomic mass is 9.96. The van der Waals surface area contributed by atoms with E-state index in [2.05, 4.69) is 20.9 Å². The smallest absolute Gasteiger partial charge is 0.338 e. The molecule has 0 saturated carbocycles. The molecule has 0 unspecified atom stereocenters. The van der Waals surface area contributed by atoms with Gasteiger partial charge in [-0.2, -0.15) is 0 Å². The molecule has 7 nitrogen and oxygen atoms in total. The Kier molecular flexibility index (Phi) is 6.33. The number of allylic oxidation sites excluding steroid dienone is 1. The molecule has 0 amide bonds. The molecular weight excluding hydrogens is 556 g/mol. The second-order valence-electron chi connectivity index (χ2n) is 8.31. The first kappa shape index (κ1) is 23.8. The Bertz CT molecular complexity index is 1560. The molecule has 0 fully saturated rings. The number of thiazole rings is 1. The molecule has 180 valence electrons. The Hall–Kier alpha value is -2.88. The number of rotatable bonds is 4. The highest BCUT2D eigenvalue weighted by Gasteiger charge is 2.33. The lowest BCUT2D eigenvalue weighted by Gasteiger charge is -2.25. The number of carbonyl (C=O) groups is 1. The van der Waals surface area contributed by atoms with Crippen LogP contribution in [0.5, 0.6) is 11.5 Å². The number of hydrogen-bond acceptors (Lipinski definition) is 7. The van der Waals surface area contributed by atoms with Crippen molar-refractivity contribution in [1.82, 2.24) is 4.57 Å². The topological polar surface area (TPSA) is 79.1 Å². The Balaban J connectivity index is 1.70. The predicted octanol–water partition coefficient (Wildman–Crippen LogP) is 4.33. The average molecular weight is 576 g/mol. The van der Waals surface area contributed by atoms with Crippen molar-refractivity contribution in [2.24, 2.45) is 4.99 Å². The zero-order valence-electron chi connectivity index (χ0n) is 19.0. The van der Waals surface area contributed by atoms with Crippen molar-refractivity contribution in [2.75, 3.05) is 6.79 Å². The number of nitrogens with zero attached hydrogens (tertiary/aromatic N) is 2. The van der Waals surface area contributed by atoms with Gasteiger partial charge >= 0.3 is 5.97 Å². The van der Waals surface area contributed by atoms with E-state index in [0.717, 1.165) is 15.6 Å². The molecule has 1 aromatic heterocycles. The van der Waals surface area contributed by atoms with Gasteiger partial charge in [0.25, 0.3) is 5.56 Å². The molecule has 35 heavy (non-hydrogen) atoms. The maximum Gasteiger partial charge on any atom is 0.338 e. The van der Waals surface area contributed by atoms with E-state index in [4.69, 9.17) is 25.8 Å². The van der Waals surface area contributed by atoms with E-state index in [1.165, 1.54) is 11.3 Å². The normalized spacial score (nSPS) is 17.0. The fourth-order valence-corrected chi connectivity index (χ4v) is 5.61. The standard InChI is InChI=1S/C25H20BrClN2O5S/c1-12(2)34-24(31)21-13(3)28-25-29(22(21)14-4-6-16(27)7-5-14)23(30)20(35-25)9-15-8-18-19(10-17(15)26)33-11-32-18/h4-10,12,22H,11H2,1-3H3/t22-/m0/s1. The third-order valence-electron chi connectivity index (χ3n) is 5.55. The van der Waals surface area contributed by atoms with Gasteiger partial charge in [0, 0.05) is 9.50 Å². The van der Waals surface area contributed by atoms with Crippen LogP contribution in [0.3, 0.4) is 0 Å². The number of aromatic nitrogens is 1. The van der Waals surface area contributed by atoms with Crippen LogP contribution in [0.2, 0.25) is 5.02 Å². The monoisotopic (exact) mass is 574 g/mol. The number of fused-ring (bicyclic) bond motifs is 2. The highest BCUT2D eigenvalue weighted by molar-refractivity contribution is 9.10. The lowest BCUT2D eigenvalue weighted by Crippen LogP contribution is -2.40. The predicted molar refractivity (Wildman–Crippen MR) is 137 cm³/mol. The summed E-state index contributed by atoms with van der Waals surface area (Å²) in [5, 5.41) is 0.556. The molecule has 2 aliphatic rings. The summed E-state index contributed by atoms with van der Waals surface area (Å²) >= 11 is 10.9. The van der Waals surface area contributed by atoms with E-state index in [-0.39, 0.29) is 18.5 Å². The van der Waals surface area contributed by atoms with E-state index < -0.39 is 12.0 Å². The highest BCUT2D eigenvalue weighted by Crippen LogP contribution is 2.37. The van der Waals surface area contributed by atoms with Gasteiger partial charge in [-0.1, -0.05) is 51.0 Å². The number of carbonyl (C=O) groups excluding carboxylic acids is 1. The molecule has 10 heteroatoms. The fourth-order valence-electron chi connectivity index (χ4n) is 4.01. The van der Waals surface area contributed by atoms with Gasteiger partial charge in [-0.05, 0) is 62.2 Å². The van der Waals surface area contributed by atoms with Gasteiger partial charge in [-0.15, -0.1) is 0 Å². The van der Waals surface area contributed by atoms with Crippen molar-refractivity contribution in [1.29, 1.82) is 0 Å². The van der Waals surface area contributed by atoms with Crippen LogP contribution in [-0.2, 0) is 9.53 Å². The second-order valence-corrected chi connectivity index (χ2v) is 10.6. The van der Waals surface area contributed by atoms with Crippen LogP contribution in [-0.4, -0.2) is 23.4 Å². The van der Waals surface area contributed by atoms with Gasteiger partial charge in [-0.3, -0.25) is 9.36 Å². The van der Waals surface area contributed by atoms with Crippen LogP contribution < -0.4 is 24.4 Å². The molecule has 2 aromatic carbocycles. The average Bonchev–Trinajstić information content (AvgIpc) is 3.36. The maximum absolute atomic E-state index is 13.7. The van der Waals surface area contributed by atoms with Crippen molar-refractivity contribution < 1.29 is 19.0 Å². The summed E-state index contributed by atoms with van der Waals surface area (Å²) < 4.78 is 19.2. The molecule has 0 saturated heterocycles. The van der Waals surface area contributed by atoms with E-state index in [1.807, 2.05) is 12.1 Å². The highest BCUT2D eigenvalue weighted by atomic mass is 79.9. The lowest BCUT2D eigenvalue weighted by molar-refractivity contribution is -0.143. The molecule has 0 N–H and O–H groups in total. The maximum atomic E-state index is 13.7. The van der Waals surface area contributed by atoms with Crippen molar-refractivity contribution in [2.45, 2.75) is 32.9 Å². The minimum Gasteiger partial charge on any atom is -0.459 e. The fraction of sp³-hybridized carbons (Fsp3) is 0.240. The van der Waals surface area contributed by atoms with Crippen molar-refractivity contribution in [3.63, 3.8) is 0 Å². The molecular formula is C25H20BrClN2O5S. The number of esters is 1. The molecule has 0 radical (unpaired) electrons. The van der Waals surface area contributed by atoms with E-state index in [1.54, 1.807) is 55.7 Å². The Morgan fingerprint density at radius 3 is 2.63 bits per heavy atom. The summed E-state index contributed by atoms with van der Waals surface area (Å²) in [5.41, 5.74) is 2.06. The third-order valence-corrected chi connectivity index (χ3v) is 7.47. The van der Waals surface area contributed by atoms with Gasteiger partial charge in [0.05, 0.1) is 27.9 Å². The molecule has 3 heterocycles. The first-order valence-corrected chi connectivity index (χ1v) is 12.8. The first-order chi connectivity index (χ1) is 16.7. The van der Waals surface area contributed by atoms with Crippen molar-refractivity contribution >= 4 is 50.9 Å². The minimum atomic E-state index is -0.697. The molecule has 0 bridgehead atoms. The van der Waals surface area contributed by atoms with Gasteiger partial charge in [0.15, 0.2) is 16.3 Å². The third kappa shape index (κ3) is 4.44. The molecule has 2 aliphatic heterocycles. The van der Waals surface area contributed by atoms with Gasteiger partial charge in [-0.25, -0.2) is 9.79 Å². The molecule has 5 rings (SSSR count). The van der Waals surface area contributed by atoms with Crippen LogP contribution in [0.15, 0.2) is 61.9 Å². The van der Waals surface area contributed by atoms with E-state index >= 15 is 0 Å². The zero-order chi connectivity index (χ0) is 24.9. The summed E-state index contributed by atoms with van der Waals surface area (Å²) in [4.78, 5) is 32.0. The quantitative estimate of drug-likeness (QED) is 0.433. The Morgan fingerprint density at radius 1 is 1.26 bits per heavy atom. The first-order valence-electron chi connectivity index (χ1n) is 10.8. The van der Waals surface area contributed by atoms with Crippen LogP contribution >= 0.6 is 38.9 Å². The minimum absolute atomic E-state index is 0.156. The largest absolute Gasteiger partial charge is 0.459 e. The Labute approximate surface area is 218 Å². The van der Waals surface area contributed by atoms with E-state index in [9.17, 15) is 9.59 Å². The number of benzene rings is 2. The van der Waals surface area contributed by atoms with E-state index in [0.29, 0.717) is 37.1 Å². The van der Waals surface area contributed by atoms with Gasteiger partial charge in [0.2, 0.25) is 6.79 Å². The summed E-state index contributed by atoms with van der Waals surface area (Å²) in [6.07, 6.45) is 1.46. The number of ether oxygens (including phenoxy) is 3. The molecule has 1 atom stereocenters. The van der Waals surface area contributed by atoms with Crippen LogP contribution in [0.25, 0.3) is 6.08 Å². The second kappa shape index (κ2) is 9.29. The number of halogens is 2. The molecule has 3 aromatic rings. The van der Waals surface area contributed by atoms with Gasteiger partial charge in [0.1, 0.15) is 0 Å². The summed E-state index contributed by atoms with van der Waals surface area (Å²) in [6.45, 7) is 5.47. The van der Waals surface area contributed by atoms with Gasteiger partial charge < -0.3 is 14.2 Å². The SMILES string of the molecule is CC1=C(C(=O)OC(C)C)[C@H](c2ccc(Cl)cc2)n2c(sc(=Cc3cc4c(cc3Br)OCO4)c2=O)=N1. The summed E-state index contributed by atoms with van der Waals surface area (Å²) in [6, 6.07) is 10.0. The van der Waals surface area contributed by atoms with Crippen LogP contribution in [0.1, 0.15) is 37.9 Å². The van der Waals surface area contributed by atoms with Crippen molar-refractivity contribution in [3.8, 4) is 11.5 Å². The Morgan fingerprint density at radius 2 is 1.94 bits per heavy atom. The zero-order valence-corrected chi connectivity index (χ0v) is 22.2. The summed E-state index contributed by atoms with van der Waals surface area (Å²) in [5.74, 6) is 0.747. The molecule has 0 aliphatic carbocycles. The number of hydrogen-bond donors (Lipinski definition) is 0. The van der Waals surface area contributed by atoms with Crippen LogP contribution in [0, 0.1) is 0 Å².